The van der Waals surface area contributed by atoms with Crippen LogP contribution < -0.4 is 4.74 Å². The second-order valence-electron chi connectivity index (χ2n) is 10.7. The maximum Gasteiger partial charge on any atom is 0.493 e. The van der Waals surface area contributed by atoms with Crippen LogP contribution in [-0.4, -0.2) is 65.8 Å². The van der Waals surface area contributed by atoms with Crippen molar-refractivity contribution in [3.8, 4) is 5.75 Å². The molecule has 0 bridgehead atoms. The smallest absolute Gasteiger partial charge is 0.493 e. The van der Waals surface area contributed by atoms with Gasteiger partial charge in [-0.15, -0.1) is 11.3 Å². The number of hydroxylamine groups is 1. The fraction of sp³-hybridized carbons (Fsp3) is 0.577. The van der Waals surface area contributed by atoms with Gasteiger partial charge in [-0.1, -0.05) is 4.47 Å². The van der Waals surface area contributed by atoms with Crippen LogP contribution in [0.2, 0.25) is 0 Å². The van der Waals surface area contributed by atoms with Crippen LogP contribution in [-0.2, 0) is 26.2 Å². The quantitative estimate of drug-likeness (QED) is 0.294. The summed E-state index contributed by atoms with van der Waals surface area (Å²) in [4.78, 5) is 35.4. The van der Waals surface area contributed by atoms with E-state index in [9.17, 15) is 31.2 Å². The Kier molecular flexibility index (Phi) is 8.32. The highest BCUT2D eigenvalue weighted by Gasteiger charge is 2.50. The first-order chi connectivity index (χ1) is 19.3. The zero-order valence-electron chi connectivity index (χ0n) is 22.2. The second-order valence-corrected chi connectivity index (χ2v) is 13.8. The molecule has 1 aromatic carbocycles. The van der Waals surface area contributed by atoms with Crippen LogP contribution in [0.1, 0.15) is 71.1 Å². The summed E-state index contributed by atoms with van der Waals surface area (Å²) in [6.45, 7) is 4.75. The van der Waals surface area contributed by atoms with Crippen LogP contribution in [0.15, 0.2) is 17.5 Å². The SMILES string of the molecule is Cc1nc(CN2CCC(COc3cc(F)c(C(=O)N(OC(=O)C(F)(F)F)S(=O)(=O)C4CC4)cc3C3CC3)CC2)cs1. The molecule has 0 unspecified atom stereocenters. The minimum absolute atomic E-state index is 0.0712. The third-order valence-corrected chi connectivity index (χ3v) is 10.2. The molecule has 2 aromatic rings. The first-order valence-electron chi connectivity index (χ1n) is 13.3. The van der Waals surface area contributed by atoms with E-state index in [4.69, 9.17) is 4.74 Å². The molecule has 5 rings (SSSR count). The molecule has 224 valence electrons. The van der Waals surface area contributed by atoms with Crippen molar-refractivity contribution in [2.75, 3.05) is 19.7 Å². The molecule has 2 heterocycles. The molecule has 1 amide bonds. The van der Waals surface area contributed by atoms with E-state index >= 15 is 4.39 Å². The van der Waals surface area contributed by atoms with Gasteiger partial charge in [0.2, 0.25) is 0 Å². The van der Waals surface area contributed by atoms with Gasteiger partial charge in [0.25, 0.3) is 10.0 Å². The van der Waals surface area contributed by atoms with E-state index in [1.54, 1.807) is 11.3 Å². The van der Waals surface area contributed by atoms with E-state index in [2.05, 4.69) is 14.7 Å². The average Bonchev–Trinajstić information content (AvgIpc) is 3.83. The largest absolute Gasteiger partial charge is 0.493 e. The molecule has 1 aliphatic heterocycles. The predicted molar refractivity (Wildman–Crippen MR) is 139 cm³/mol. The minimum atomic E-state index is -5.57. The molecule has 1 aromatic heterocycles. The third-order valence-electron chi connectivity index (χ3n) is 7.32. The van der Waals surface area contributed by atoms with Gasteiger partial charge in [-0.3, -0.25) is 9.69 Å². The number of benzene rings is 1. The van der Waals surface area contributed by atoms with E-state index in [0.29, 0.717) is 12.2 Å². The number of alkyl halides is 3. The highest BCUT2D eigenvalue weighted by atomic mass is 32.2. The standard InChI is InChI=1S/C26H29F4N3O6S2/c1-15-31-18(14-40-15)12-32-8-6-16(7-9-32)13-38-23-11-22(27)21(10-20(23)17-2-3-17)24(34)33(39-25(35)26(28,29)30)41(36,37)19-4-5-19/h10-11,14,16-17,19H,2-9,12-13H2,1H3. The van der Waals surface area contributed by atoms with E-state index in [1.165, 1.54) is 0 Å². The highest BCUT2D eigenvalue weighted by molar-refractivity contribution is 7.90. The lowest BCUT2D eigenvalue weighted by Crippen LogP contribution is -2.44. The van der Waals surface area contributed by atoms with Crippen LogP contribution in [0.25, 0.3) is 0 Å². The van der Waals surface area contributed by atoms with Gasteiger partial charge < -0.3 is 9.57 Å². The van der Waals surface area contributed by atoms with Gasteiger partial charge >= 0.3 is 18.1 Å². The van der Waals surface area contributed by atoms with Crippen LogP contribution in [0, 0.1) is 18.7 Å². The number of piperidine rings is 1. The Morgan fingerprint density at radius 2 is 1.80 bits per heavy atom. The first-order valence-corrected chi connectivity index (χ1v) is 15.7. The number of hydrogen-bond donors (Lipinski definition) is 0. The fourth-order valence-electron chi connectivity index (χ4n) is 4.74. The van der Waals surface area contributed by atoms with Crippen molar-refractivity contribution in [1.82, 2.24) is 14.4 Å². The third kappa shape index (κ3) is 7.00. The van der Waals surface area contributed by atoms with Gasteiger partial charge in [-0.2, -0.15) is 13.2 Å². The molecule has 0 N–H and O–H groups in total. The summed E-state index contributed by atoms with van der Waals surface area (Å²) in [5.41, 5.74) is 0.680. The zero-order chi connectivity index (χ0) is 29.5. The summed E-state index contributed by atoms with van der Waals surface area (Å²) in [7, 11) is -4.79. The Labute approximate surface area is 238 Å². The number of nitrogens with zero attached hydrogens (tertiary/aromatic N) is 3. The van der Waals surface area contributed by atoms with Gasteiger partial charge in [0.1, 0.15) is 11.6 Å². The predicted octanol–water partition coefficient (Wildman–Crippen LogP) is 4.71. The molecule has 41 heavy (non-hydrogen) atoms. The Bertz CT molecular complexity index is 1410. The van der Waals surface area contributed by atoms with Gasteiger partial charge in [0.05, 0.1) is 28.1 Å². The number of thiazole rings is 1. The van der Waals surface area contributed by atoms with Crippen molar-refractivity contribution in [3.05, 3.63) is 45.2 Å². The summed E-state index contributed by atoms with van der Waals surface area (Å²) >= 11 is 1.61. The maximum atomic E-state index is 15.2. The molecule has 9 nitrogen and oxygen atoms in total. The molecule has 0 radical (unpaired) electrons. The molecule has 2 saturated carbocycles. The molecular formula is C26H29F4N3O6S2. The van der Waals surface area contributed by atoms with Crippen molar-refractivity contribution in [2.24, 2.45) is 5.92 Å². The minimum Gasteiger partial charge on any atom is -0.493 e. The molecule has 3 fully saturated rings. The summed E-state index contributed by atoms with van der Waals surface area (Å²) in [5, 5.41) is 1.88. The lowest BCUT2D eigenvalue weighted by Gasteiger charge is -2.31. The summed E-state index contributed by atoms with van der Waals surface area (Å²) in [6, 6.07) is 2.05. The molecule has 3 aliphatic rings. The number of aryl methyl sites for hydroxylation is 1. The van der Waals surface area contributed by atoms with E-state index in [-0.39, 0.29) is 30.4 Å². The van der Waals surface area contributed by atoms with Crippen molar-refractivity contribution in [1.29, 1.82) is 0 Å². The Morgan fingerprint density at radius 1 is 1.12 bits per heavy atom. The zero-order valence-corrected chi connectivity index (χ0v) is 23.8. The number of carbonyl (C=O) groups excluding carboxylic acids is 2. The first kappa shape index (κ1) is 29.7. The second kappa shape index (κ2) is 11.5. The summed E-state index contributed by atoms with van der Waals surface area (Å²) in [6.07, 6.45) is -2.26. The summed E-state index contributed by atoms with van der Waals surface area (Å²) in [5.74, 6) is -5.46. The number of amides is 1. The van der Waals surface area contributed by atoms with Crippen molar-refractivity contribution in [3.63, 3.8) is 0 Å². The molecule has 1 saturated heterocycles. The number of aromatic nitrogens is 1. The monoisotopic (exact) mass is 619 g/mol. The van der Waals surface area contributed by atoms with Crippen molar-refractivity contribution < 1.29 is 45.1 Å². The Balaban J connectivity index is 1.28. The molecular weight excluding hydrogens is 590 g/mol. The maximum absolute atomic E-state index is 15.2. The van der Waals surface area contributed by atoms with Gasteiger partial charge in [0, 0.05) is 18.0 Å². The lowest BCUT2D eigenvalue weighted by atomic mass is 9.97. The molecule has 0 atom stereocenters. The Hall–Kier alpha value is -2.78. The van der Waals surface area contributed by atoms with Gasteiger partial charge in [0.15, 0.2) is 0 Å². The Morgan fingerprint density at radius 3 is 2.37 bits per heavy atom. The number of hydrogen-bond acceptors (Lipinski definition) is 9. The van der Waals surface area contributed by atoms with Crippen molar-refractivity contribution >= 4 is 33.2 Å². The fourth-order valence-corrected chi connectivity index (χ4v) is 6.85. The average molecular weight is 620 g/mol. The molecule has 0 spiro atoms. The molecule has 15 heteroatoms. The van der Waals surface area contributed by atoms with E-state index < -0.39 is 49.2 Å². The normalized spacial score (nSPS) is 18.8. The number of rotatable bonds is 9. The number of halogens is 4. The summed E-state index contributed by atoms with van der Waals surface area (Å²) < 4.78 is 84.5. The van der Waals surface area contributed by atoms with Gasteiger partial charge in [-0.25, -0.2) is 22.6 Å². The van der Waals surface area contributed by atoms with Crippen molar-refractivity contribution in [2.45, 2.75) is 69.3 Å². The highest BCUT2D eigenvalue weighted by Crippen LogP contribution is 2.45. The topological polar surface area (TPSA) is 106 Å². The van der Waals surface area contributed by atoms with Crippen LogP contribution in [0.4, 0.5) is 17.6 Å². The number of sulfonamides is 1. The number of likely N-dealkylation sites (tertiary alicyclic amines) is 1. The van der Waals surface area contributed by atoms with Crippen LogP contribution in [0.3, 0.4) is 0 Å². The molecule has 2 aliphatic carbocycles. The van der Waals surface area contributed by atoms with E-state index in [0.717, 1.165) is 68.2 Å². The number of ether oxygens (including phenoxy) is 1. The van der Waals surface area contributed by atoms with Crippen LogP contribution >= 0.6 is 11.3 Å². The van der Waals surface area contributed by atoms with Gasteiger partial charge in [-0.05, 0) is 82.0 Å². The lowest BCUT2D eigenvalue weighted by molar-refractivity contribution is -0.217. The number of carbonyl (C=O) groups is 2. The van der Waals surface area contributed by atoms with Crippen LogP contribution in [0.5, 0.6) is 5.75 Å². The van der Waals surface area contributed by atoms with E-state index in [1.807, 2.05) is 12.3 Å².